The van der Waals surface area contributed by atoms with Gasteiger partial charge in [0.15, 0.2) is 5.82 Å². The summed E-state index contributed by atoms with van der Waals surface area (Å²) in [6.45, 7) is 7.52. The summed E-state index contributed by atoms with van der Waals surface area (Å²) in [5.41, 5.74) is -0.621. The molecule has 0 unspecified atom stereocenters. The van der Waals surface area contributed by atoms with Gasteiger partial charge in [-0.3, -0.25) is 14.5 Å². The number of nitrogens with zero attached hydrogens (tertiary/aromatic N) is 5. The van der Waals surface area contributed by atoms with Crippen molar-refractivity contribution in [1.82, 2.24) is 19.8 Å². The Labute approximate surface area is 171 Å². The standard InChI is InChI=1S/C21H30FN5O2/c22-17-15-23-20(24-16-17)27-13-11-26(12-14-27)8-2-1-7-25-9-5-21(6-10-25)18(28)3-4-19(21)29/h15-16H,1-14H2/i22-1. The first-order chi connectivity index (χ1) is 14.1. The summed E-state index contributed by atoms with van der Waals surface area (Å²) in [5, 5.41) is 0. The van der Waals surface area contributed by atoms with Crippen LogP contribution in [0.2, 0.25) is 0 Å². The van der Waals surface area contributed by atoms with E-state index in [2.05, 4.69) is 24.7 Å². The van der Waals surface area contributed by atoms with Crippen molar-refractivity contribution in [1.29, 1.82) is 0 Å². The lowest BCUT2D eigenvalue weighted by atomic mass is 9.75. The molecule has 0 N–H and O–H groups in total. The zero-order chi connectivity index (χ0) is 20.3. The minimum atomic E-state index is -0.621. The van der Waals surface area contributed by atoms with Crippen molar-refractivity contribution in [3.8, 4) is 0 Å². The highest BCUT2D eigenvalue weighted by Crippen LogP contribution is 2.40. The molecule has 1 aliphatic carbocycles. The molecule has 8 heteroatoms. The van der Waals surface area contributed by atoms with E-state index >= 15 is 0 Å². The Morgan fingerprint density at radius 2 is 1.34 bits per heavy atom. The van der Waals surface area contributed by atoms with Crippen LogP contribution in [0.5, 0.6) is 0 Å². The second-order valence-corrected chi connectivity index (χ2v) is 8.51. The average Bonchev–Trinajstić information content (AvgIpc) is 3.02. The molecular weight excluding hydrogens is 372 g/mol. The second-order valence-electron chi connectivity index (χ2n) is 8.51. The number of anilines is 1. The maximum absolute atomic E-state index is 12.9. The zero-order valence-corrected chi connectivity index (χ0v) is 17.0. The SMILES string of the molecule is O=C1CCC(=O)C12CCN(CCCCN1CCN(c3ncc([18F])cn3)CC1)CC2. The highest BCUT2D eigenvalue weighted by molar-refractivity contribution is 6.12. The van der Waals surface area contributed by atoms with E-state index in [4.69, 9.17) is 0 Å². The molecule has 158 valence electrons. The summed E-state index contributed by atoms with van der Waals surface area (Å²) in [6, 6.07) is 0. The number of piperidine rings is 1. The third kappa shape index (κ3) is 4.48. The summed E-state index contributed by atoms with van der Waals surface area (Å²) in [6.07, 6.45) is 7.07. The van der Waals surface area contributed by atoms with Gasteiger partial charge in [0.05, 0.1) is 17.8 Å². The van der Waals surface area contributed by atoms with Gasteiger partial charge < -0.3 is 9.80 Å². The number of hydrogen-bond donors (Lipinski definition) is 0. The van der Waals surface area contributed by atoms with Crippen molar-refractivity contribution in [2.75, 3.05) is 57.3 Å². The minimum Gasteiger partial charge on any atom is -0.338 e. The van der Waals surface area contributed by atoms with Crippen molar-refractivity contribution in [3.05, 3.63) is 18.2 Å². The van der Waals surface area contributed by atoms with Crippen LogP contribution in [0.25, 0.3) is 0 Å². The number of Topliss-reactive ketones (excluding diaryl/α,β-unsaturated/α-hetero) is 2. The van der Waals surface area contributed by atoms with E-state index in [0.717, 1.165) is 78.0 Å². The number of likely N-dealkylation sites (tertiary alicyclic amines) is 1. The molecule has 1 saturated carbocycles. The number of carbonyl (C=O) groups is 2. The number of rotatable bonds is 6. The van der Waals surface area contributed by atoms with Crippen LogP contribution < -0.4 is 4.90 Å². The molecule has 0 amide bonds. The number of halogens is 1. The van der Waals surface area contributed by atoms with Gasteiger partial charge in [0.2, 0.25) is 5.95 Å². The molecule has 3 fully saturated rings. The van der Waals surface area contributed by atoms with Crippen LogP contribution in [0.3, 0.4) is 0 Å². The average molecular weight is 403 g/mol. The number of unbranched alkanes of at least 4 members (excludes halogenated alkanes) is 1. The predicted molar refractivity (Wildman–Crippen MR) is 107 cm³/mol. The number of aromatic nitrogens is 2. The summed E-state index contributed by atoms with van der Waals surface area (Å²) in [4.78, 5) is 39.4. The molecule has 0 bridgehead atoms. The maximum Gasteiger partial charge on any atom is 0.225 e. The Morgan fingerprint density at radius 3 is 1.90 bits per heavy atom. The van der Waals surface area contributed by atoms with Gasteiger partial charge in [-0.05, 0) is 51.9 Å². The van der Waals surface area contributed by atoms with Crippen molar-refractivity contribution < 1.29 is 14.0 Å². The Balaban J connectivity index is 1.11. The molecule has 3 aliphatic rings. The first-order valence-electron chi connectivity index (χ1n) is 10.8. The molecule has 2 aliphatic heterocycles. The monoisotopic (exact) mass is 402 g/mol. The molecule has 2 saturated heterocycles. The second kappa shape index (κ2) is 8.83. The van der Waals surface area contributed by atoms with Gasteiger partial charge in [0.25, 0.3) is 0 Å². The highest BCUT2D eigenvalue weighted by atomic mass is 18.2. The largest absolute Gasteiger partial charge is 0.338 e. The van der Waals surface area contributed by atoms with Crippen LogP contribution in [-0.2, 0) is 9.59 Å². The smallest absolute Gasteiger partial charge is 0.225 e. The van der Waals surface area contributed by atoms with E-state index in [1.807, 2.05) is 0 Å². The van der Waals surface area contributed by atoms with Crippen LogP contribution in [-0.4, -0.2) is 83.7 Å². The first-order valence-corrected chi connectivity index (χ1v) is 10.8. The normalized spacial score (nSPS) is 23.3. The fourth-order valence-electron chi connectivity index (χ4n) is 4.89. The first kappa shape index (κ1) is 20.3. The van der Waals surface area contributed by atoms with E-state index in [0.29, 0.717) is 18.8 Å². The molecule has 1 aromatic heterocycles. The summed E-state index contributed by atoms with van der Waals surface area (Å²) in [5.74, 6) is 0.575. The van der Waals surface area contributed by atoms with Crippen LogP contribution in [0.4, 0.5) is 10.3 Å². The van der Waals surface area contributed by atoms with E-state index in [-0.39, 0.29) is 11.6 Å². The molecule has 1 spiro atoms. The van der Waals surface area contributed by atoms with Crippen LogP contribution >= 0.6 is 0 Å². The van der Waals surface area contributed by atoms with Crippen molar-refractivity contribution in [2.45, 2.75) is 38.5 Å². The molecule has 3 heterocycles. The lowest BCUT2D eigenvalue weighted by molar-refractivity contribution is -0.138. The van der Waals surface area contributed by atoms with Gasteiger partial charge >= 0.3 is 0 Å². The van der Waals surface area contributed by atoms with Crippen LogP contribution in [0.15, 0.2) is 12.4 Å². The Bertz CT molecular complexity index is 707. The van der Waals surface area contributed by atoms with Crippen molar-refractivity contribution >= 4 is 17.5 Å². The van der Waals surface area contributed by atoms with E-state index in [1.54, 1.807) is 0 Å². The molecule has 7 nitrogen and oxygen atoms in total. The molecule has 1 aromatic rings. The summed E-state index contributed by atoms with van der Waals surface area (Å²) < 4.78 is 12.9. The third-order valence-corrected chi connectivity index (χ3v) is 6.82. The Hall–Kier alpha value is -1.93. The number of hydrogen-bond acceptors (Lipinski definition) is 7. The molecule has 0 atom stereocenters. The number of carbonyl (C=O) groups excluding carboxylic acids is 2. The topological polar surface area (TPSA) is 69.6 Å². The van der Waals surface area contributed by atoms with Gasteiger partial charge in [0, 0.05) is 39.0 Å². The van der Waals surface area contributed by atoms with Crippen molar-refractivity contribution in [2.24, 2.45) is 5.41 Å². The number of piperazine rings is 1. The van der Waals surface area contributed by atoms with E-state index < -0.39 is 11.2 Å². The van der Waals surface area contributed by atoms with E-state index in [9.17, 15) is 14.0 Å². The maximum atomic E-state index is 12.9. The highest BCUT2D eigenvalue weighted by Gasteiger charge is 2.50. The summed E-state index contributed by atoms with van der Waals surface area (Å²) >= 11 is 0. The zero-order valence-electron chi connectivity index (χ0n) is 17.0. The predicted octanol–water partition coefficient (Wildman–Crippen LogP) is 1.53. The molecule has 4 rings (SSSR count). The van der Waals surface area contributed by atoms with Gasteiger partial charge in [-0.15, -0.1) is 0 Å². The fraction of sp³-hybridized carbons (Fsp3) is 0.714. The van der Waals surface area contributed by atoms with Gasteiger partial charge in [-0.2, -0.15) is 0 Å². The van der Waals surface area contributed by atoms with Crippen LogP contribution in [0, 0.1) is 11.2 Å². The van der Waals surface area contributed by atoms with Gasteiger partial charge in [-0.1, -0.05) is 0 Å². The van der Waals surface area contributed by atoms with Gasteiger partial charge in [0.1, 0.15) is 11.6 Å². The summed E-state index contributed by atoms with van der Waals surface area (Å²) in [7, 11) is 0. The Kier molecular flexibility index (Phi) is 6.20. The lowest BCUT2D eigenvalue weighted by Gasteiger charge is -2.37. The van der Waals surface area contributed by atoms with Gasteiger partial charge in [-0.25, -0.2) is 14.4 Å². The van der Waals surface area contributed by atoms with Crippen LogP contribution in [0.1, 0.15) is 38.5 Å². The molecule has 0 radical (unpaired) electrons. The molecule has 29 heavy (non-hydrogen) atoms. The lowest BCUT2D eigenvalue weighted by Crippen LogP contribution is -2.47. The third-order valence-electron chi connectivity index (χ3n) is 6.82. The van der Waals surface area contributed by atoms with E-state index in [1.165, 1.54) is 12.4 Å². The molecular formula is C21H30FN5O2. The quantitative estimate of drug-likeness (QED) is 0.528. The number of ketones is 2. The fourth-order valence-corrected chi connectivity index (χ4v) is 4.89. The minimum absolute atomic E-state index is 0.187. The van der Waals surface area contributed by atoms with Crippen molar-refractivity contribution in [3.63, 3.8) is 0 Å². The molecule has 0 aromatic carbocycles. The Morgan fingerprint density at radius 1 is 0.828 bits per heavy atom.